The SMILES string of the molecule is CNC(Cc1ccccc1F)C(C)(C)OC. The second-order valence-corrected chi connectivity index (χ2v) is 4.44. The molecule has 1 aromatic rings. The van der Waals surface area contributed by atoms with Gasteiger partial charge in [0.05, 0.1) is 5.60 Å². The van der Waals surface area contributed by atoms with Crippen LogP contribution in [0.1, 0.15) is 19.4 Å². The Hall–Kier alpha value is -0.930. The molecule has 0 saturated carbocycles. The number of hydrogen-bond acceptors (Lipinski definition) is 2. The van der Waals surface area contributed by atoms with E-state index in [-0.39, 0.29) is 17.5 Å². The minimum absolute atomic E-state index is 0.0781. The van der Waals surface area contributed by atoms with Crippen molar-refractivity contribution in [2.75, 3.05) is 14.2 Å². The van der Waals surface area contributed by atoms with Crippen LogP contribution in [0.2, 0.25) is 0 Å². The Bertz CT molecular complexity index is 338. The average molecular weight is 225 g/mol. The summed E-state index contributed by atoms with van der Waals surface area (Å²) in [6, 6.07) is 6.93. The maximum absolute atomic E-state index is 13.5. The average Bonchev–Trinajstić information content (AvgIpc) is 2.27. The van der Waals surface area contributed by atoms with Crippen LogP contribution in [0.4, 0.5) is 4.39 Å². The maximum Gasteiger partial charge on any atom is 0.126 e. The molecule has 1 aromatic carbocycles. The highest BCUT2D eigenvalue weighted by Gasteiger charge is 2.28. The van der Waals surface area contributed by atoms with Gasteiger partial charge < -0.3 is 10.1 Å². The molecule has 90 valence electrons. The van der Waals surface area contributed by atoms with Gasteiger partial charge in [-0.3, -0.25) is 0 Å². The van der Waals surface area contributed by atoms with Gasteiger partial charge in [-0.05, 0) is 38.9 Å². The van der Waals surface area contributed by atoms with Gasteiger partial charge >= 0.3 is 0 Å². The largest absolute Gasteiger partial charge is 0.377 e. The van der Waals surface area contributed by atoms with Crippen LogP contribution in [-0.4, -0.2) is 25.8 Å². The minimum Gasteiger partial charge on any atom is -0.377 e. The topological polar surface area (TPSA) is 21.3 Å². The Morgan fingerprint density at radius 2 is 2.00 bits per heavy atom. The first-order chi connectivity index (χ1) is 7.51. The van der Waals surface area contributed by atoms with E-state index in [1.54, 1.807) is 13.2 Å². The fourth-order valence-corrected chi connectivity index (χ4v) is 1.72. The zero-order chi connectivity index (χ0) is 12.2. The van der Waals surface area contributed by atoms with Crippen LogP contribution in [0.5, 0.6) is 0 Å². The fourth-order valence-electron chi connectivity index (χ4n) is 1.72. The molecule has 16 heavy (non-hydrogen) atoms. The Kier molecular flexibility index (Phi) is 4.44. The van der Waals surface area contributed by atoms with E-state index in [1.165, 1.54) is 6.07 Å². The van der Waals surface area contributed by atoms with Crippen molar-refractivity contribution >= 4 is 0 Å². The summed E-state index contributed by atoms with van der Waals surface area (Å²) in [7, 11) is 3.54. The van der Waals surface area contributed by atoms with Crippen molar-refractivity contribution in [2.45, 2.75) is 31.9 Å². The molecular formula is C13H20FNO. The van der Waals surface area contributed by atoms with E-state index in [2.05, 4.69) is 5.32 Å². The highest BCUT2D eigenvalue weighted by atomic mass is 19.1. The lowest BCUT2D eigenvalue weighted by Gasteiger charge is -2.33. The summed E-state index contributed by atoms with van der Waals surface area (Å²) in [4.78, 5) is 0. The molecule has 0 fully saturated rings. The standard InChI is InChI=1S/C13H20FNO/c1-13(2,16-4)12(15-3)9-10-7-5-6-8-11(10)14/h5-8,12,15H,9H2,1-4H3. The van der Waals surface area contributed by atoms with Gasteiger partial charge in [0.15, 0.2) is 0 Å². The van der Waals surface area contributed by atoms with Crippen LogP contribution in [0.25, 0.3) is 0 Å². The quantitative estimate of drug-likeness (QED) is 0.830. The third-order valence-corrected chi connectivity index (χ3v) is 3.10. The number of halogens is 1. The van der Waals surface area contributed by atoms with Crippen LogP contribution in [0.3, 0.4) is 0 Å². The van der Waals surface area contributed by atoms with Gasteiger partial charge in [0.1, 0.15) is 5.82 Å². The molecule has 0 heterocycles. The molecule has 0 bridgehead atoms. The summed E-state index contributed by atoms with van der Waals surface area (Å²) >= 11 is 0. The molecule has 1 unspecified atom stereocenters. The number of hydrogen-bond donors (Lipinski definition) is 1. The van der Waals surface area contributed by atoms with Gasteiger partial charge in [-0.25, -0.2) is 4.39 Å². The highest BCUT2D eigenvalue weighted by molar-refractivity contribution is 5.19. The zero-order valence-corrected chi connectivity index (χ0v) is 10.4. The van der Waals surface area contributed by atoms with Gasteiger partial charge in [-0.1, -0.05) is 18.2 Å². The molecule has 0 aliphatic heterocycles. The number of ether oxygens (including phenoxy) is 1. The van der Waals surface area contributed by atoms with Crippen molar-refractivity contribution in [3.63, 3.8) is 0 Å². The van der Waals surface area contributed by atoms with Crippen LogP contribution >= 0.6 is 0 Å². The third kappa shape index (κ3) is 3.03. The number of rotatable bonds is 5. The summed E-state index contributed by atoms with van der Waals surface area (Å²) in [5.41, 5.74) is 0.392. The van der Waals surface area contributed by atoms with E-state index < -0.39 is 0 Å². The van der Waals surface area contributed by atoms with Gasteiger partial charge in [0.25, 0.3) is 0 Å². The molecule has 3 heteroatoms. The van der Waals surface area contributed by atoms with Crippen LogP contribution < -0.4 is 5.32 Å². The summed E-state index contributed by atoms with van der Waals surface area (Å²) < 4.78 is 18.9. The first-order valence-corrected chi connectivity index (χ1v) is 5.47. The molecule has 1 atom stereocenters. The molecule has 0 aliphatic carbocycles. The highest BCUT2D eigenvalue weighted by Crippen LogP contribution is 2.19. The van der Waals surface area contributed by atoms with Crippen molar-refractivity contribution in [1.82, 2.24) is 5.32 Å². The molecule has 1 N–H and O–H groups in total. The van der Waals surface area contributed by atoms with Gasteiger partial charge in [0.2, 0.25) is 0 Å². The molecule has 2 nitrogen and oxygen atoms in total. The summed E-state index contributed by atoms with van der Waals surface area (Å²) in [5.74, 6) is -0.158. The molecule has 0 amide bonds. The monoisotopic (exact) mass is 225 g/mol. The predicted molar refractivity (Wildman–Crippen MR) is 64.0 cm³/mol. The lowest BCUT2D eigenvalue weighted by Crippen LogP contribution is -2.48. The maximum atomic E-state index is 13.5. The van der Waals surface area contributed by atoms with E-state index in [9.17, 15) is 4.39 Å². The normalized spacial score (nSPS) is 13.8. The minimum atomic E-state index is -0.322. The molecule has 0 radical (unpaired) electrons. The Morgan fingerprint density at radius 1 is 1.38 bits per heavy atom. The van der Waals surface area contributed by atoms with Crippen molar-refractivity contribution in [3.05, 3.63) is 35.6 Å². The number of likely N-dealkylation sites (N-methyl/N-ethyl adjacent to an activating group) is 1. The molecule has 0 spiro atoms. The number of methoxy groups -OCH3 is 1. The second kappa shape index (κ2) is 5.41. The van der Waals surface area contributed by atoms with Gasteiger partial charge in [0, 0.05) is 13.2 Å². The third-order valence-electron chi connectivity index (χ3n) is 3.10. The number of nitrogens with one attached hydrogen (secondary N) is 1. The second-order valence-electron chi connectivity index (χ2n) is 4.44. The van der Waals surface area contributed by atoms with E-state index in [1.807, 2.05) is 33.0 Å². The Balaban J connectivity index is 2.82. The fraction of sp³-hybridized carbons (Fsp3) is 0.538. The smallest absolute Gasteiger partial charge is 0.126 e. The van der Waals surface area contributed by atoms with Crippen LogP contribution in [-0.2, 0) is 11.2 Å². The lowest BCUT2D eigenvalue weighted by atomic mass is 9.92. The van der Waals surface area contributed by atoms with Crippen LogP contribution in [0.15, 0.2) is 24.3 Å². The summed E-state index contributed by atoms with van der Waals surface area (Å²) in [6.07, 6.45) is 0.615. The molecule has 0 aliphatic rings. The van der Waals surface area contributed by atoms with Crippen molar-refractivity contribution in [1.29, 1.82) is 0 Å². The zero-order valence-electron chi connectivity index (χ0n) is 10.4. The van der Waals surface area contributed by atoms with E-state index in [4.69, 9.17) is 4.74 Å². The molecular weight excluding hydrogens is 205 g/mol. The first-order valence-electron chi connectivity index (χ1n) is 5.47. The Morgan fingerprint density at radius 3 is 2.50 bits per heavy atom. The number of benzene rings is 1. The molecule has 0 aromatic heterocycles. The Labute approximate surface area is 96.8 Å². The van der Waals surface area contributed by atoms with Crippen molar-refractivity contribution in [3.8, 4) is 0 Å². The molecule has 1 rings (SSSR count). The van der Waals surface area contributed by atoms with E-state index in [0.29, 0.717) is 12.0 Å². The van der Waals surface area contributed by atoms with Gasteiger partial charge in [-0.15, -0.1) is 0 Å². The molecule has 0 saturated heterocycles. The van der Waals surface area contributed by atoms with Gasteiger partial charge in [-0.2, -0.15) is 0 Å². The van der Waals surface area contributed by atoms with Crippen molar-refractivity contribution in [2.24, 2.45) is 0 Å². The van der Waals surface area contributed by atoms with Crippen LogP contribution in [0, 0.1) is 5.82 Å². The van der Waals surface area contributed by atoms with E-state index in [0.717, 1.165) is 0 Å². The predicted octanol–water partition coefficient (Wildman–Crippen LogP) is 2.38. The first kappa shape index (κ1) is 13.1. The van der Waals surface area contributed by atoms with E-state index >= 15 is 0 Å². The summed E-state index contributed by atoms with van der Waals surface area (Å²) in [6.45, 7) is 3.99. The lowest BCUT2D eigenvalue weighted by molar-refractivity contribution is -0.00815. The van der Waals surface area contributed by atoms with Crippen molar-refractivity contribution < 1.29 is 9.13 Å². The summed E-state index contributed by atoms with van der Waals surface area (Å²) in [5, 5.41) is 3.18.